The molecule has 0 N–H and O–H groups in total. The third-order valence-electron chi connectivity index (χ3n) is 0.928. The molecule has 0 atom stereocenters. The molecular formula is C5H4BrN3O2. The maximum absolute atomic E-state index is 10.7. The lowest BCUT2D eigenvalue weighted by Gasteiger charge is -1.94. The first-order valence-corrected chi connectivity index (χ1v) is 3.47. The Morgan fingerprint density at radius 3 is 2.82 bits per heavy atom. The van der Waals surface area contributed by atoms with Crippen molar-refractivity contribution < 1.29 is 9.53 Å². The molecule has 0 fully saturated rings. The van der Waals surface area contributed by atoms with E-state index < -0.39 is 5.97 Å². The van der Waals surface area contributed by atoms with Crippen LogP contribution in [0.2, 0.25) is 0 Å². The van der Waals surface area contributed by atoms with Crippen LogP contribution in [0.15, 0.2) is 10.9 Å². The number of halogens is 1. The highest BCUT2D eigenvalue weighted by Crippen LogP contribution is 1.98. The van der Waals surface area contributed by atoms with E-state index in [9.17, 15) is 4.79 Å². The summed E-state index contributed by atoms with van der Waals surface area (Å²) in [6, 6.07) is 0. The molecule has 0 aliphatic heterocycles. The van der Waals surface area contributed by atoms with Gasteiger partial charge in [-0.1, -0.05) is 0 Å². The number of esters is 1. The van der Waals surface area contributed by atoms with E-state index in [-0.39, 0.29) is 5.69 Å². The second-order valence-corrected chi connectivity index (χ2v) is 2.31. The van der Waals surface area contributed by atoms with Gasteiger partial charge in [0.25, 0.3) is 0 Å². The number of hydrogen-bond donors (Lipinski definition) is 0. The van der Waals surface area contributed by atoms with Crippen LogP contribution in [0.25, 0.3) is 0 Å². The number of methoxy groups -OCH3 is 1. The molecule has 0 bridgehead atoms. The van der Waals surface area contributed by atoms with Crippen molar-refractivity contribution in [2.45, 2.75) is 0 Å². The first-order chi connectivity index (χ1) is 5.24. The van der Waals surface area contributed by atoms with Crippen LogP contribution in [0.5, 0.6) is 0 Å². The second kappa shape index (κ2) is 3.38. The number of nitrogens with zero attached hydrogens (tertiary/aromatic N) is 3. The fourth-order valence-corrected chi connectivity index (χ4v) is 0.641. The molecule has 0 aliphatic rings. The normalized spacial score (nSPS) is 9.27. The van der Waals surface area contributed by atoms with E-state index in [1.165, 1.54) is 13.3 Å². The molecule has 5 nitrogen and oxygen atoms in total. The van der Waals surface area contributed by atoms with Crippen LogP contribution in [0, 0.1) is 0 Å². The van der Waals surface area contributed by atoms with Gasteiger partial charge < -0.3 is 4.74 Å². The van der Waals surface area contributed by atoms with Crippen molar-refractivity contribution >= 4 is 21.9 Å². The van der Waals surface area contributed by atoms with Crippen molar-refractivity contribution in [1.82, 2.24) is 15.2 Å². The van der Waals surface area contributed by atoms with E-state index in [0.29, 0.717) is 4.73 Å². The van der Waals surface area contributed by atoms with E-state index in [1.807, 2.05) is 0 Å². The van der Waals surface area contributed by atoms with Gasteiger partial charge in [-0.3, -0.25) is 0 Å². The highest BCUT2D eigenvalue weighted by atomic mass is 79.9. The molecular weight excluding hydrogens is 214 g/mol. The topological polar surface area (TPSA) is 65.0 Å². The molecule has 0 aliphatic carbocycles. The summed E-state index contributed by atoms with van der Waals surface area (Å²) in [5.74, 6) is -0.544. The molecule has 0 radical (unpaired) electrons. The summed E-state index contributed by atoms with van der Waals surface area (Å²) in [5, 5.41) is 7.02. The Morgan fingerprint density at radius 2 is 2.36 bits per heavy atom. The highest BCUT2D eigenvalue weighted by molar-refractivity contribution is 9.10. The van der Waals surface area contributed by atoms with Gasteiger partial charge in [0.05, 0.1) is 13.3 Å². The van der Waals surface area contributed by atoms with Crippen molar-refractivity contribution in [2.24, 2.45) is 0 Å². The van der Waals surface area contributed by atoms with Gasteiger partial charge in [0.1, 0.15) is 0 Å². The summed E-state index contributed by atoms with van der Waals surface area (Å²) in [7, 11) is 1.27. The fraction of sp³-hybridized carbons (Fsp3) is 0.200. The summed E-state index contributed by atoms with van der Waals surface area (Å²) in [5.41, 5.74) is 0.0932. The van der Waals surface area contributed by atoms with Crippen molar-refractivity contribution in [3.05, 3.63) is 16.6 Å². The Morgan fingerprint density at radius 1 is 1.64 bits per heavy atom. The maximum Gasteiger partial charge on any atom is 0.360 e. The highest BCUT2D eigenvalue weighted by Gasteiger charge is 2.06. The Bertz CT molecular complexity index is 261. The summed E-state index contributed by atoms with van der Waals surface area (Å²) in [6.45, 7) is 0. The molecule has 0 unspecified atom stereocenters. The van der Waals surface area contributed by atoms with Crippen molar-refractivity contribution in [1.29, 1.82) is 0 Å². The predicted octanol–water partition coefficient (Wildman–Crippen LogP) is 0.421. The van der Waals surface area contributed by atoms with Gasteiger partial charge >= 0.3 is 5.97 Å². The molecule has 0 saturated heterocycles. The molecule has 0 saturated carbocycles. The van der Waals surface area contributed by atoms with E-state index in [2.05, 4.69) is 35.8 Å². The summed E-state index contributed by atoms with van der Waals surface area (Å²) in [4.78, 5) is 14.4. The zero-order valence-corrected chi connectivity index (χ0v) is 7.20. The molecule has 1 aromatic rings. The minimum Gasteiger partial charge on any atom is -0.464 e. The van der Waals surface area contributed by atoms with Crippen LogP contribution in [-0.2, 0) is 4.74 Å². The van der Waals surface area contributed by atoms with Gasteiger partial charge in [0.15, 0.2) is 5.69 Å². The lowest BCUT2D eigenvalue weighted by atomic mass is 10.5. The molecule has 58 valence electrons. The van der Waals surface area contributed by atoms with Crippen LogP contribution in [0.4, 0.5) is 0 Å². The van der Waals surface area contributed by atoms with Gasteiger partial charge in [-0.15, -0.1) is 10.2 Å². The number of carbonyl (C=O) groups excluding carboxylic acids is 1. The smallest absolute Gasteiger partial charge is 0.360 e. The molecule has 11 heavy (non-hydrogen) atoms. The lowest BCUT2D eigenvalue weighted by Crippen LogP contribution is -2.06. The average molecular weight is 218 g/mol. The van der Waals surface area contributed by atoms with Gasteiger partial charge in [0, 0.05) is 0 Å². The molecule has 1 rings (SSSR count). The second-order valence-electron chi connectivity index (χ2n) is 1.60. The van der Waals surface area contributed by atoms with Gasteiger partial charge in [-0.25, -0.2) is 9.78 Å². The van der Waals surface area contributed by atoms with E-state index in [4.69, 9.17) is 0 Å². The van der Waals surface area contributed by atoms with Crippen LogP contribution < -0.4 is 0 Å². The third-order valence-corrected chi connectivity index (χ3v) is 1.29. The van der Waals surface area contributed by atoms with Crippen LogP contribution in [0.3, 0.4) is 0 Å². The van der Waals surface area contributed by atoms with E-state index in [0.717, 1.165) is 0 Å². The molecule has 1 aromatic heterocycles. The Kier molecular flexibility index (Phi) is 2.48. The monoisotopic (exact) mass is 217 g/mol. The number of rotatable bonds is 1. The zero-order valence-electron chi connectivity index (χ0n) is 5.61. The van der Waals surface area contributed by atoms with Crippen molar-refractivity contribution in [3.8, 4) is 0 Å². The van der Waals surface area contributed by atoms with Crippen molar-refractivity contribution in [2.75, 3.05) is 7.11 Å². The zero-order chi connectivity index (χ0) is 8.27. The lowest BCUT2D eigenvalue weighted by molar-refractivity contribution is 0.0592. The Balaban J connectivity index is 2.90. The molecule has 0 aromatic carbocycles. The number of aromatic nitrogens is 3. The van der Waals surface area contributed by atoms with E-state index in [1.54, 1.807) is 0 Å². The minimum absolute atomic E-state index is 0.0932. The van der Waals surface area contributed by atoms with Gasteiger partial charge in [-0.05, 0) is 15.9 Å². The molecule has 6 heteroatoms. The summed E-state index contributed by atoms with van der Waals surface area (Å²) < 4.78 is 4.72. The fourth-order valence-electron chi connectivity index (χ4n) is 0.459. The predicted molar refractivity (Wildman–Crippen MR) is 38.9 cm³/mol. The standard InChI is InChI=1S/C5H4BrN3O2/c1-11-4(10)3-2-7-5(6)9-8-3/h2H,1H3. The Hall–Kier alpha value is -1.04. The molecule has 0 amide bonds. The molecule has 1 heterocycles. The first-order valence-electron chi connectivity index (χ1n) is 2.67. The van der Waals surface area contributed by atoms with Gasteiger partial charge in [-0.2, -0.15) is 0 Å². The summed E-state index contributed by atoms with van der Waals surface area (Å²) in [6.07, 6.45) is 1.28. The van der Waals surface area contributed by atoms with E-state index >= 15 is 0 Å². The Labute approximate surface area is 70.9 Å². The minimum atomic E-state index is -0.544. The first kappa shape index (κ1) is 8.06. The largest absolute Gasteiger partial charge is 0.464 e. The van der Waals surface area contributed by atoms with Gasteiger partial charge in [0.2, 0.25) is 4.73 Å². The third kappa shape index (κ3) is 1.94. The maximum atomic E-state index is 10.7. The number of ether oxygens (including phenoxy) is 1. The SMILES string of the molecule is COC(=O)c1cnc(Br)nn1. The number of hydrogen-bond acceptors (Lipinski definition) is 5. The average Bonchev–Trinajstić information content (AvgIpc) is 2.05. The quantitative estimate of drug-likeness (QED) is 0.639. The number of carbonyl (C=O) groups is 1. The molecule has 0 spiro atoms. The van der Waals surface area contributed by atoms with Crippen LogP contribution >= 0.6 is 15.9 Å². The van der Waals surface area contributed by atoms with Crippen molar-refractivity contribution in [3.63, 3.8) is 0 Å². The van der Waals surface area contributed by atoms with Crippen LogP contribution in [-0.4, -0.2) is 28.3 Å². The van der Waals surface area contributed by atoms with Crippen LogP contribution in [0.1, 0.15) is 10.5 Å². The summed E-state index contributed by atoms with van der Waals surface area (Å²) >= 11 is 2.98.